The van der Waals surface area contributed by atoms with Gasteiger partial charge in [0.25, 0.3) is 0 Å². The van der Waals surface area contributed by atoms with E-state index in [9.17, 15) is 4.79 Å². The Morgan fingerprint density at radius 1 is 0.769 bits per heavy atom. The van der Waals surface area contributed by atoms with Crippen molar-refractivity contribution in [3.8, 4) is 0 Å². The van der Waals surface area contributed by atoms with Gasteiger partial charge in [-0.1, -0.05) is 60.7 Å². The highest BCUT2D eigenvalue weighted by molar-refractivity contribution is 5.86. The summed E-state index contributed by atoms with van der Waals surface area (Å²) in [7, 11) is 0. The number of rotatable bonds is 5. The van der Waals surface area contributed by atoms with Crippen LogP contribution >= 0.6 is 0 Å². The molecule has 0 atom stereocenters. The molecule has 0 N–H and O–H groups in total. The van der Waals surface area contributed by atoms with Crippen molar-refractivity contribution < 1.29 is 4.79 Å². The molecule has 3 heteroatoms. The zero-order chi connectivity index (χ0) is 17.8. The predicted molar refractivity (Wildman–Crippen MR) is 108 cm³/mol. The number of nitrogens with zero attached hydrogens (tertiary/aromatic N) is 2. The molecule has 3 aromatic rings. The average molecular weight is 344 g/mol. The van der Waals surface area contributed by atoms with Crippen molar-refractivity contribution in [1.82, 2.24) is 4.90 Å². The van der Waals surface area contributed by atoms with Gasteiger partial charge in [0.05, 0.1) is 6.54 Å². The van der Waals surface area contributed by atoms with E-state index in [1.54, 1.807) is 0 Å². The number of carbonyl (C=O) groups excluding carboxylic acids is 1. The van der Waals surface area contributed by atoms with Crippen LogP contribution in [0.15, 0.2) is 72.8 Å². The molecule has 0 aliphatic carbocycles. The van der Waals surface area contributed by atoms with Gasteiger partial charge in [-0.3, -0.25) is 9.69 Å². The van der Waals surface area contributed by atoms with Crippen LogP contribution in [0.3, 0.4) is 0 Å². The van der Waals surface area contributed by atoms with E-state index in [1.165, 1.54) is 16.5 Å². The summed E-state index contributed by atoms with van der Waals surface area (Å²) in [5, 5.41) is 2.43. The number of Topliss-reactive ketones (excluding diaryl/α,β-unsaturated/α-hetero) is 1. The molecule has 0 spiro atoms. The molecule has 132 valence electrons. The molecule has 0 unspecified atom stereocenters. The Hall–Kier alpha value is -2.65. The van der Waals surface area contributed by atoms with E-state index >= 15 is 0 Å². The first kappa shape index (κ1) is 16.8. The second-order valence-corrected chi connectivity index (χ2v) is 7.00. The Bertz CT molecular complexity index is 883. The maximum atomic E-state index is 12.5. The zero-order valence-corrected chi connectivity index (χ0v) is 15.0. The molecule has 1 fully saturated rings. The fraction of sp³-hybridized carbons (Fsp3) is 0.261. The van der Waals surface area contributed by atoms with Crippen LogP contribution < -0.4 is 4.90 Å². The van der Waals surface area contributed by atoms with Crippen LogP contribution in [0.5, 0.6) is 0 Å². The van der Waals surface area contributed by atoms with Crippen LogP contribution in [-0.2, 0) is 11.2 Å². The van der Waals surface area contributed by atoms with Gasteiger partial charge in [0.15, 0.2) is 5.78 Å². The number of anilines is 1. The number of carbonyl (C=O) groups is 1. The molecule has 1 heterocycles. The molecule has 1 aliphatic heterocycles. The van der Waals surface area contributed by atoms with Crippen molar-refractivity contribution in [3.63, 3.8) is 0 Å². The topological polar surface area (TPSA) is 23.6 Å². The van der Waals surface area contributed by atoms with Gasteiger partial charge >= 0.3 is 0 Å². The third kappa shape index (κ3) is 3.94. The number of hydrogen-bond acceptors (Lipinski definition) is 3. The summed E-state index contributed by atoms with van der Waals surface area (Å²) in [4.78, 5) is 17.2. The third-order valence-electron chi connectivity index (χ3n) is 5.11. The van der Waals surface area contributed by atoms with Crippen LogP contribution in [0.1, 0.15) is 5.56 Å². The van der Waals surface area contributed by atoms with Crippen molar-refractivity contribution in [2.75, 3.05) is 37.6 Å². The van der Waals surface area contributed by atoms with Crippen LogP contribution in [0.25, 0.3) is 10.8 Å². The van der Waals surface area contributed by atoms with Gasteiger partial charge in [-0.05, 0) is 28.5 Å². The summed E-state index contributed by atoms with van der Waals surface area (Å²) in [5.74, 6) is 0.299. The lowest BCUT2D eigenvalue weighted by Gasteiger charge is -2.35. The average Bonchev–Trinajstić information content (AvgIpc) is 2.69. The summed E-state index contributed by atoms with van der Waals surface area (Å²) < 4.78 is 0. The number of ketones is 1. The van der Waals surface area contributed by atoms with Crippen molar-refractivity contribution in [2.45, 2.75) is 6.42 Å². The quantitative estimate of drug-likeness (QED) is 0.704. The van der Waals surface area contributed by atoms with Crippen LogP contribution in [0.4, 0.5) is 5.69 Å². The largest absolute Gasteiger partial charge is 0.369 e. The molecular weight excluding hydrogens is 320 g/mol. The predicted octanol–water partition coefficient (Wildman–Crippen LogP) is 3.77. The molecular formula is C23H24N2O. The Labute approximate surface area is 154 Å². The summed E-state index contributed by atoms with van der Waals surface area (Å²) in [6.45, 7) is 4.40. The SMILES string of the molecule is O=C(Cc1ccc2ccccc2c1)CN1CCN(c2ccccc2)CC1. The van der Waals surface area contributed by atoms with E-state index in [0.29, 0.717) is 18.7 Å². The summed E-state index contributed by atoms with van der Waals surface area (Å²) in [5.41, 5.74) is 2.38. The van der Waals surface area contributed by atoms with Crippen LogP contribution in [0, 0.1) is 0 Å². The van der Waals surface area contributed by atoms with Crippen molar-refractivity contribution in [2.24, 2.45) is 0 Å². The smallest absolute Gasteiger partial charge is 0.151 e. The van der Waals surface area contributed by atoms with Crippen LogP contribution in [0.2, 0.25) is 0 Å². The molecule has 4 rings (SSSR count). The van der Waals surface area contributed by atoms with E-state index in [1.807, 2.05) is 18.2 Å². The van der Waals surface area contributed by atoms with Gasteiger partial charge in [0, 0.05) is 38.3 Å². The lowest BCUT2D eigenvalue weighted by atomic mass is 10.0. The van der Waals surface area contributed by atoms with E-state index in [4.69, 9.17) is 0 Å². The van der Waals surface area contributed by atoms with Gasteiger partial charge in [-0.15, -0.1) is 0 Å². The summed E-state index contributed by atoms with van der Waals surface area (Å²) in [6, 6.07) is 25.1. The first-order chi connectivity index (χ1) is 12.8. The number of hydrogen-bond donors (Lipinski definition) is 0. The van der Waals surface area contributed by atoms with E-state index in [0.717, 1.165) is 31.7 Å². The first-order valence-corrected chi connectivity index (χ1v) is 9.30. The molecule has 1 aliphatic rings. The first-order valence-electron chi connectivity index (χ1n) is 9.30. The molecule has 3 nitrogen and oxygen atoms in total. The highest BCUT2D eigenvalue weighted by Crippen LogP contribution is 2.17. The molecule has 0 amide bonds. The monoisotopic (exact) mass is 344 g/mol. The van der Waals surface area contributed by atoms with Crippen molar-refractivity contribution in [3.05, 3.63) is 78.4 Å². The molecule has 0 bridgehead atoms. The second kappa shape index (κ2) is 7.71. The minimum Gasteiger partial charge on any atom is -0.369 e. The normalized spacial score (nSPS) is 15.3. The maximum absolute atomic E-state index is 12.5. The lowest BCUT2D eigenvalue weighted by molar-refractivity contribution is -0.119. The Kier molecular flexibility index (Phi) is 4.98. The van der Waals surface area contributed by atoms with E-state index < -0.39 is 0 Å². The number of piperazine rings is 1. The fourth-order valence-electron chi connectivity index (χ4n) is 3.68. The van der Waals surface area contributed by atoms with E-state index in [2.05, 4.69) is 64.4 Å². The summed E-state index contributed by atoms with van der Waals surface area (Å²) in [6.07, 6.45) is 0.518. The molecule has 1 saturated heterocycles. The van der Waals surface area contributed by atoms with Gasteiger partial charge in [-0.25, -0.2) is 0 Å². The standard InChI is InChI=1S/C23H24N2O/c26-23(17-19-10-11-20-6-4-5-7-21(20)16-19)18-24-12-14-25(15-13-24)22-8-2-1-3-9-22/h1-11,16H,12-15,17-18H2. The van der Waals surface area contributed by atoms with Crippen molar-refractivity contribution >= 4 is 22.2 Å². The van der Waals surface area contributed by atoms with Gasteiger partial charge < -0.3 is 4.90 Å². The van der Waals surface area contributed by atoms with Gasteiger partial charge in [0.2, 0.25) is 0 Å². The van der Waals surface area contributed by atoms with Crippen molar-refractivity contribution in [1.29, 1.82) is 0 Å². The van der Waals surface area contributed by atoms with Gasteiger partial charge in [-0.2, -0.15) is 0 Å². The minimum atomic E-state index is 0.299. The minimum absolute atomic E-state index is 0.299. The zero-order valence-electron chi connectivity index (χ0n) is 15.0. The second-order valence-electron chi connectivity index (χ2n) is 7.00. The Morgan fingerprint density at radius 3 is 2.23 bits per heavy atom. The summed E-state index contributed by atoms with van der Waals surface area (Å²) >= 11 is 0. The Morgan fingerprint density at radius 2 is 1.46 bits per heavy atom. The lowest BCUT2D eigenvalue weighted by Crippen LogP contribution is -2.48. The highest BCUT2D eigenvalue weighted by Gasteiger charge is 2.19. The third-order valence-corrected chi connectivity index (χ3v) is 5.11. The highest BCUT2D eigenvalue weighted by atomic mass is 16.1. The molecule has 3 aromatic carbocycles. The van der Waals surface area contributed by atoms with E-state index in [-0.39, 0.29) is 0 Å². The molecule has 26 heavy (non-hydrogen) atoms. The maximum Gasteiger partial charge on any atom is 0.151 e. The number of benzene rings is 3. The molecule has 0 aromatic heterocycles. The van der Waals surface area contributed by atoms with Gasteiger partial charge in [0.1, 0.15) is 0 Å². The van der Waals surface area contributed by atoms with Crippen LogP contribution in [-0.4, -0.2) is 43.4 Å². The molecule has 0 radical (unpaired) electrons. The number of para-hydroxylation sites is 1. The Balaban J connectivity index is 1.31. The number of fused-ring (bicyclic) bond motifs is 1. The molecule has 0 saturated carbocycles. The fourth-order valence-corrected chi connectivity index (χ4v) is 3.68.